The fourth-order valence-corrected chi connectivity index (χ4v) is 4.78. The second-order valence-corrected chi connectivity index (χ2v) is 8.68. The molecule has 1 saturated heterocycles. The van der Waals surface area contributed by atoms with Crippen LogP contribution in [0.3, 0.4) is 0 Å². The van der Waals surface area contributed by atoms with Crippen molar-refractivity contribution in [2.45, 2.75) is 45.7 Å². The van der Waals surface area contributed by atoms with Gasteiger partial charge in [0.05, 0.1) is 0 Å². The van der Waals surface area contributed by atoms with Gasteiger partial charge in [-0.2, -0.15) is 0 Å². The zero-order valence-corrected chi connectivity index (χ0v) is 17.7. The fourth-order valence-electron chi connectivity index (χ4n) is 4.78. The van der Waals surface area contributed by atoms with Crippen LogP contribution < -0.4 is 4.90 Å². The summed E-state index contributed by atoms with van der Waals surface area (Å²) in [6, 6.07) is 12.7. The Labute approximate surface area is 177 Å². The predicted molar refractivity (Wildman–Crippen MR) is 119 cm³/mol. The van der Waals surface area contributed by atoms with Crippen LogP contribution in [-0.4, -0.2) is 33.9 Å². The van der Waals surface area contributed by atoms with Gasteiger partial charge in [-0.15, -0.1) is 0 Å². The number of aryl methyl sites for hydroxylation is 2. The minimum Gasteiger partial charge on any atom is -0.363 e. The van der Waals surface area contributed by atoms with Crippen LogP contribution in [0.15, 0.2) is 48.8 Å². The second-order valence-electron chi connectivity index (χ2n) is 8.68. The number of carbonyl (C=O) groups is 1. The molecule has 0 bridgehead atoms. The van der Waals surface area contributed by atoms with Crippen LogP contribution in [0, 0.1) is 13.8 Å². The van der Waals surface area contributed by atoms with E-state index in [1.165, 1.54) is 22.3 Å². The number of rotatable bonds is 3. The lowest BCUT2D eigenvalue weighted by Crippen LogP contribution is -2.39. The van der Waals surface area contributed by atoms with E-state index in [-0.39, 0.29) is 5.91 Å². The van der Waals surface area contributed by atoms with E-state index in [4.69, 9.17) is 0 Å². The summed E-state index contributed by atoms with van der Waals surface area (Å²) in [6.07, 6.45) is 5.73. The van der Waals surface area contributed by atoms with E-state index in [1.54, 1.807) is 6.20 Å². The monoisotopic (exact) mass is 400 g/mol. The van der Waals surface area contributed by atoms with Gasteiger partial charge in [-0.25, -0.2) is 4.98 Å². The molecule has 1 atom stereocenters. The Bertz CT molecular complexity index is 1040. The molecule has 0 spiro atoms. The SMILES string of the molecule is Cc1cc2c(cc1C)CN(c1cccc(C(=O)N3CCC[C@@H](c4ncc[nH]4)C3)c1)C2. The molecule has 1 fully saturated rings. The smallest absolute Gasteiger partial charge is 0.253 e. The molecule has 1 aromatic heterocycles. The quantitative estimate of drug-likeness (QED) is 0.701. The number of aromatic nitrogens is 2. The number of hydrogen-bond acceptors (Lipinski definition) is 3. The summed E-state index contributed by atoms with van der Waals surface area (Å²) in [5.74, 6) is 1.40. The third kappa shape index (κ3) is 3.49. The average Bonchev–Trinajstić information content (AvgIpc) is 3.44. The Balaban J connectivity index is 1.33. The Morgan fingerprint density at radius 1 is 1.10 bits per heavy atom. The number of hydrogen-bond donors (Lipinski definition) is 1. The number of benzene rings is 2. The largest absolute Gasteiger partial charge is 0.363 e. The number of H-pyrrole nitrogens is 1. The lowest BCUT2D eigenvalue weighted by molar-refractivity contribution is 0.0705. The van der Waals surface area contributed by atoms with Crippen molar-refractivity contribution < 1.29 is 4.79 Å². The molecular formula is C25H28N4O. The van der Waals surface area contributed by atoms with Crippen molar-refractivity contribution in [3.8, 4) is 0 Å². The number of aromatic amines is 1. The van der Waals surface area contributed by atoms with E-state index in [0.29, 0.717) is 5.92 Å². The van der Waals surface area contributed by atoms with Crippen LogP contribution in [0.4, 0.5) is 5.69 Å². The first-order chi connectivity index (χ1) is 14.6. The van der Waals surface area contributed by atoms with Gasteiger partial charge < -0.3 is 14.8 Å². The zero-order chi connectivity index (χ0) is 20.7. The number of amides is 1. The molecule has 0 radical (unpaired) electrons. The van der Waals surface area contributed by atoms with Gasteiger partial charge in [0, 0.05) is 55.7 Å². The van der Waals surface area contributed by atoms with Gasteiger partial charge in [0.15, 0.2) is 0 Å². The van der Waals surface area contributed by atoms with Crippen LogP contribution in [0.5, 0.6) is 0 Å². The summed E-state index contributed by atoms with van der Waals surface area (Å²) in [5.41, 5.74) is 7.37. The lowest BCUT2D eigenvalue weighted by Gasteiger charge is -2.32. The van der Waals surface area contributed by atoms with E-state index < -0.39 is 0 Å². The molecule has 3 heterocycles. The first-order valence-electron chi connectivity index (χ1n) is 10.8. The predicted octanol–water partition coefficient (Wildman–Crippen LogP) is 4.57. The van der Waals surface area contributed by atoms with Crippen molar-refractivity contribution in [1.82, 2.24) is 14.9 Å². The Morgan fingerprint density at radius 2 is 1.87 bits per heavy atom. The van der Waals surface area contributed by atoms with Crippen molar-refractivity contribution in [3.63, 3.8) is 0 Å². The summed E-state index contributed by atoms with van der Waals surface area (Å²) >= 11 is 0. The summed E-state index contributed by atoms with van der Waals surface area (Å²) in [7, 11) is 0. The molecule has 30 heavy (non-hydrogen) atoms. The molecule has 5 nitrogen and oxygen atoms in total. The third-order valence-corrected chi connectivity index (χ3v) is 6.61. The molecule has 0 aliphatic carbocycles. The summed E-state index contributed by atoms with van der Waals surface area (Å²) < 4.78 is 0. The molecule has 2 aromatic carbocycles. The van der Waals surface area contributed by atoms with Gasteiger partial charge in [-0.3, -0.25) is 4.79 Å². The van der Waals surface area contributed by atoms with E-state index in [1.807, 2.05) is 23.2 Å². The topological polar surface area (TPSA) is 52.2 Å². The highest BCUT2D eigenvalue weighted by Gasteiger charge is 2.27. The maximum atomic E-state index is 13.3. The molecule has 3 aromatic rings. The van der Waals surface area contributed by atoms with E-state index >= 15 is 0 Å². The number of nitrogens with zero attached hydrogens (tertiary/aromatic N) is 3. The number of fused-ring (bicyclic) bond motifs is 1. The summed E-state index contributed by atoms with van der Waals surface area (Å²) in [4.78, 5) is 25.2. The van der Waals surface area contributed by atoms with Gasteiger partial charge in [0.2, 0.25) is 0 Å². The molecule has 2 aliphatic heterocycles. The maximum absolute atomic E-state index is 13.3. The average molecular weight is 401 g/mol. The molecule has 0 unspecified atom stereocenters. The van der Waals surface area contributed by atoms with Crippen molar-refractivity contribution >= 4 is 11.6 Å². The van der Waals surface area contributed by atoms with Gasteiger partial charge in [0.25, 0.3) is 5.91 Å². The second kappa shape index (κ2) is 7.63. The fraction of sp³-hybridized carbons (Fsp3) is 0.360. The minimum atomic E-state index is 0.122. The van der Waals surface area contributed by atoms with E-state index in [9.17, 15) is 4.79 Å². The highest BCUT2D eigenvalue weighted by atomic mass is 16.2. The molecule has 5 heteroatoms. The number of nitrogens with one attached hydrogen (secondary N) is 1. The molecule has 5 rings (SSSR count). The normalized spacial score (nSPS) is 18.5. The first kappa shape index (κ1) is 18.9. The van der Waals surface area contributed by atoms with Crippen molar-refractivity contribution in [2.24, 2.45) is 0 Å². The summed E-state index contributed by atoms with van der Waals surface area (Å²) in [6.45, 7) is 7.69. The van der Waals surface area contributed by atoms with E-state index in [2.05, 4.69) is 53.0 Å². The van der Waals surface area contributed by atoms with Crippen molar-refractivity contribution in [2.75, 3.05) is 18.0 Å². The maximum Gasteiger partial charge on any atom is 0.253 e. The van der Waals surface area contributed by atoms with Gasteiger partial charge in [-0.05, 0) is 67.1 Å². The molecule has 1 N–H and O–H groups in total. The number of carbonyl (C=O) groups excluding carboxylic acids is 1. The van der Waals surface area contributed by atoms with Gasteiger partial charge >= 0.3 is 0 Å². The molecule has 1 amide bonds. The molecule has 0 saturated carbocycles. The van der Waals surface area contributed by atoms with Crippen LogP contribution in [0.2, 0.25) is 0 Å². The number of likely N-dealkylation sites (tertiary alicyclic amines) is 1. The zero-order valence-electron chi connectivity index (χ0n) is 17.7. The molecule has 154 valence electrons. The van der Waals surface area contributed by atoms with E-state index in [0.717, 1.165) is 56.1 Å². The van der Waals surface area contributed by atoms with Crippen LogP contribution in [0.1, 0.15) is 57.2 Å². The molecular weight excluding hydrogens is 372 g/mol. The molecule has 2 aliphatic rings. The third-order valence-electron chi connectivity index (χ3n) is 6.61. The Hall–Kier alpha value is -3.08. The minimum absolute atomic E-state index is 0.122. The van der Waals surface area contributed by atoms with Crippen LogP contribution in [0.25, 0.3) is 0 Å². The van der Waals surface area contributed by atoms with Crippen molar-refractivity contribution in [1.29, 1.82) is 0 Å². The highest BCUT2D eigenvalue weighted by molar-refractivity contribution is 5.95. The van der Waals surface area contributed by atoms with Gasteiger partial charge in [0.1, 0.15) is 5.82 Å². The Morgan fingerprint density at radius 3 is 2.57 bits per heavy atom. The lowest BCUT2D eigenvalue weighted by atomic mass is 9.96. The standard InChI is InChI=1S/C25H28N4O/c1-17-11-21-15-29(16-22(21)12-18(17)2)23-7-3-5-19(13-23)25(30)28-10-4-6-20(14-28)24-26-8-9-27-24/h3,5,7-9,11-13,20H,4,6,10,14-16H2,1-2H3,(H,26,27)/t20-/m1/s1. The summed E-state index contributed by atoms with van der Waals surface area (Å²) in [5, 5.41) is 0. The first-order valence-corrected chi connectivity index (χ1v) is 10.8. The van der Waals surface area contributed by atoms with Crippen molar-refractivity contribution in [3.05, 3.63) is 82.4 Å². The van der Waals surface area contributed by atoms with Crippen LogP contribution in [-0.2, 0) is 13.1 Å². The number of anilines is 1. The van der Waals surface area contributed by atoms with Gasteiger partial charge in [-0.1, -0.05) is 18.2 Å². The number of imidazole rings is 1. The van der Waals surface area contributed by atoms with Crippen LogP contribution >= 0.6 is 0 Å². The number of piperidine rings is 1. The highest BCUT2D eigenvalue weighted by Crippen LogP contribution is 2.31. The Kier molecular flexibility index (Phi) is 4.81.